The summed E-state index contributed by atoms with van der Waals surface area (Å²) in [6.07, 6.45) is -3.33. The minimum Gasteiger partial charge on any atom is -0.406 e. The van der Waals surface area contributed by atoms with Crippen molar-refractivity contribution in [3.63, 3.8) is 0 Å². The van der Waals surface area contributed by atoms with Gasteiger partial charge in [0.2, 0.25) is 5.82 Å². The molecule has 0 atom stereocenters. The molecule has 5 aromatic rings. The number of anilines is 2. The molecule has 13 heteroatoms. The van der Waals surface area contributed by atoms with Crippen LogP contribution in [0.3, 0.4) is 0 Å². The molecule has 0 aliphatic rings. The average molecular weight is 507 g/mol. The maximum atomic E-state index is 12.4. The highest BCUT2D eigenvalue weighted by molar-refractivity contribution is 6.01. The van der Waals surface area contributed by atoms with Gasteiger partial charge in [-0.15, -0.1) is 18.3 Å². The number of aromatic nitrogens is 5. The van der Waals surface area contributed by atoms with Gasteiger partial charge in [0.25, 0.3) is 0 Å². The summed E-state index contributed by atoms with van der Waals surface area (Å²) in [4.78, 5) is 16.7. The van der Waals surface area contributed by atoms with Crippen LogP contribution in [0.25, 0.3) is 28.3 Å². The molecule has 2 N–H and O–H groups in total. The van der Waals surface area contributed by atoms with Gasteiger partial charge in [-0.05, 0) is 58.8 Å². The molecule has 0 aliphatic carbocycles. The number of urea groups is 1. The van der Waals surface area contributed by atoms with Crippen LogP contribution in [0, 0.1) is 0 Å². The third-order valence-corrected chi connectivity index (χ3v) is 5.00. The van der Waals surface area contributed by atoms with Crippen LogP contribution in [0.4, 0.5) is 29.5 Å². The van der Waals surface area contributed by atoms with E-state index in [9.17, 15) is 18.0 Å². The van der Waals surface area contributed by atoms with Gasteiger partial charge in [-0.1, -0.05) is 30.3 Å². The van der Waals surface area contributed by atoms with Crippen molar-refractivity contribution in [1.82, 2.24) is 25.1 Å². The first-order valence-electron chi connectivity index (χ1n) is 10.7. The molecule has 0 radical (unpaired) electrons. The summed E-state index contributed by atoms with van der Waals surface area (Å²) in [5, 5.41) is 17.2. The van der Waals surface area contributed by atoms with E-state index in [0.717, 1.165) is 5.56 Å². The van der Waals surface area contributed by atoms with Crippen LogP contribution in [0.15, 0.2) is 89.8 Å². The predicted octanol–water partition coefficient (Wildman–Crippen LogP) is 5.53. The van der Waals surface area contributed by atoms with Gasteiger partial charge in [0.1, 0.15) is 12.1 Å². The van der Waals surface area contributed by atoms with Gasteiger partial charge >= 0.3 is 12.4 Å². The summed E-state index contributed by atoms with van der Waals surface area (Å²) < 4.78 is 47.1. The molecule has 0 unspecified atom stereocenters. The van der Waals surface area contributed by atoms with Gasteiger partial charge < -0.3 is 10.1 Å². The Bertz CT molecular complexity index is 1500. The number of ether oxygens (including phenoxy) is 1. The van der Waals surface area contributed by atoms with Crippen molar-refractivity contribution >= 4 is 17.5 Å². The Hall–Kier alpha value is -5.20. The van der Waals surface area contributed by atoms with E-state index in [1.807, 2.05) is 30.3 Å². The number of nitrogens with one attached hydrogen (secondary N) is 2. The number of hydrogen-bond donors (Lipinski definition) is 2. The fraction of sp³-hybridized carbons (Fsp3) is 0.0417. The lowest BCUT2D eigenvalue weighted by atomic mass is 10.1. The molecule has 2 amide bonds. The first-order chi connectivity index (χ1) is 17.8. The third-order valence-electron chi connectivity index (χ3n) is 5.00. The Morgan fingerprint density at radius 3 is 2.30 bits per heavy atom. The van der Waals surface area contributed by atoms with Crippen LogP contribution < -0.4 is 15.4 Å². The van der Waals surface area contributed by atoms with Crippen LogP contribution in [-0.2, 0) is 0 Å². The Kier molecular flexibility index (Phi) is 6.24. The smallest absolute Gasteiger partial charge is 0.406 e. The van der Waals surface area contributed by atoms with Crippen molar-refractivity contribution in [2.45, 2.75) is 6.36 Å². The summed E-state index contributed by atoms with van der Waals surface area (Å²) in [6.45, 7) is 0. The highest BCUT2D eigenvalue weighted by Gasteiger charge is 2.31. The molecule has 0 bridgehead atoms. The number of alkyl halides is 3. The molecular weight excluding hydrogens is 491 g/mol. The predicted molar refractivity (Wildman–Crippen MR) is 126 cm³/mol. The summed E-state index contributed by atoms with van der Waals surface area (Å²) in [5.74, 6) is 0.223. The zero-order valence-electron chi connectivity index (χ0n) is 18.7. The Labute approximate surface area is 206 Å². The lowest BCUT2D eigenvalue weighted by Gasteiger charge is -2.09. The molecule has 5 rings (SSSR count). The van der Waals surface area contributed by atoms with E-state index < -0.39 is 12.4 Å². The molecule has 0 saturated heterocycles. The molecule has 37 heavy (non-hydrogen) atoms. The Morgan fingerprint density at radius 1 is 0.865 bits per heavy atom. The normalized spacial score (nSPS) is 11.2. The first-order valence-corrected chi connectivity index (χ1v) is 10.7. The zero-order valence-corrected chi connectivity index (χ0v) is 18.7. The zero-order chi connectivity index (χ0) is 25.8. The van der Waals surface area contributed by atoms with Crippen molar-refractivity contribution < 1.29 is 27.3 Å². The number of carbonyl (C=O) groups excluding carboxylic acids is 1. The van der Waals surface area contributed by atoms with Gasteiger partial charge in [0.05, 0.1) is 5.69 Å². The number of halogens is 3. The lowest BCUT2D eigenvalue weighted by molar-refractivity contribution is -0.274. The Balaban J connectivity index is 1.22. The van der Waals surface area contributed by atoms with Gasteiger partial charge in [-0.2, -0.15) is 0 Å². The summed E-state index contributed by atoms with van der Waals surface area (Å²) in [5.41, 5.74) is 2.80. The topological polar surface area (TPSA) is 120 Å². The molecule has 2 aromatic heterocycles. The van der Waals surface area contributed by atoms with E-state index in [1.165, 1.54) is 35.3 Å². The van der Waals surface area contributed by atoms with Gasteiger partial charge in [-0.25, -0.2) is 19.1 Å². The second-order valence-corrected chi connectivity index (χ2v) is 7.54. The van der Waals surface area contributed by atoms with Gasteiger partial charge in [0.15, 0.2) is 11.5 Å². The SMILES string of the molecule is O=C(Nc1ccc(-c2ncn(-c3ccc(OC(F)(F)F)cc3)n2)cc1)Nc1nonc1-c1ccccc1. The molecule has 0 saturated carbocycles. The maximum absolute atomic E-state index is 12.4. The number of nitrogens with zero attached hydrogens (tertiary/aromatic N) is 5. The molecule has 0 fully saturated rings. The molecule has 10 nitrogen and oxygen atoms in total. The number of hydrogen-bond acceptors (Lipinski definition) is 7. The number of carbonyl (C=O) groups is 1. The molecule has 0 aliphatic heterocycles. The highest BCUT2D eigenvalue weighted by atomic mass is 19.4. The van der Waals surface area contributed by atoms with Crippen molar-refractivity contribution in [3.8, 4) is 34.1 Å². The van der Waals surface area contributed by atoms with E-state index in [0.29, 0.717) is 28.5 Å². The number of rotatable bonds is 6. The van der Waals surface area contributed by atoms with E-state index in [4.69, 9.17) is 4.63 Å². The fourth-order valence-electron chi connectivity index (χ4n) is 3.35. The van der Waals surface area contributed by atoms with Crippen LogP contribution >= 0.6 is 0 Å². The molecule has 2 heterocycles. The van der Waals surface area contributed by atoms with E-state index >= 15 is 0 Å². The fourth-order valence-corrected chi connectivity index (χ4v) is 3.35. The van der Waals surface area contributed by atoms with Crippen LogP contribution in [0.5, 0.6) is 5.75 Å². The van der Waals surface area contributed by atoms with Crippen LogP contribution in [0.1, 0.15) is 0 Å². The van der Waals surface area contributed by atoms with E-state index in [1.54, 1.807) is 24.3 Å². The standard InChI is InChI=1S/C24H16F3N7O3/c25-24(26,27)36-19-12-10-18(11-13-19)34-14-28-21(31-34)16-6-8-17(9-7-16)29-23(35)30-22-20(32-37-33-22)15-4-2-1-3-5-15/h1-14H,(H2,29,30,33,35). The minimum absolute atomic E-state index is 0.174. The number of amides is 2. The molecule has 186 valence electrons. The maximum Gasteiger partial charge on any atom is 0.573 e. The second-order valence-electron chi connectivity index (χ2n) is 7.54. The first kappa shape index (κ1) is 23.5. The molecule has 3 aromatic carbocycles. The summed E-state index contributed by atoms with van der Waals surface area (Å²) >= 11 is 0. The van der Waals surface area contributed by atoms with Gasteiger partial charge in [0, 0.05) is 16.8 Å². The van der Waals surface area contributed by atoms with Crippen molar-refractivity contribution in [2.24, 2.45) is 0 Å². The second kappa shape index (κ2) is 9.81. The molecular formula is C24H16F3N7O3. The highest BCUT2D eigenvalue weighted by Crippen LogP contribution is 2.25. The average Bonchev–Trinajstić information content (AvgIpc) is 3.55. The van der Waals surface area contributed by atoms with Gasteiger partial charge in [-0.3, -0.25) is 5.32 Å². The van der Waals surface area contributed by atoms with Crippen molar-refractivity contribution in [2.75, 3.05) is 10.6 Å². The Morgan fingerprint density at radius 2 is 1.59 bits per heavy atom. The van der Waals surface area contributed by atoms with Crippen LogP contribution in [-0.4, -0.2) is 37.5 Å². The third kappa shape index (κ3) is 5.73. The molecule has 0 spiro atoms. The monoisotopic (exact) mass is 507 g/mol. The van der Waals surface area contributed by atoms with Crippen molar-refractivity contribution in [1.29, 1.82) is 0 Å². The number of benzene rings is 3. The quantitative estimate of drug-likeness (QED) is 0.310. The minimum atomic E-state index is -4.76. The largest absolute Gasteiger partial charge is 0.573 e. The van der Waals surface area contributed by atoms with E-state index in [-0.39, 0.29) is 11.6 Å². The van der Waals surface area contributed by atoms with E-state index in [2.05, 4.69) is 35.8 Å². The van der Waals surface area contributed by atoms with Crippen LogP contribution in [0.2, 0.25) is 0 Å². The summed E-state index contributed by atoms with van der Waals surface area (Å²) in [7, 11) is 0. The lowest BCUT2D eigenvalue weighted by Crippen LogP contribution is -2.20. The summed E-state index contributed by atoms with van der Waals surface area (Å²) in [6, 6.07) is 20.6. The van der Waals surface area contributed by atoms with Crippen molar-refractivity contribution in [3.05, 3.63) is 85.2 Å².